The Labute approximate surface area is 121 Å². The minimum atomic E-state index is -0.420. The van der Waals surface area contributed by atoms with Gasteiger partial charge < -0.3 is 9.64 Å². The van der Waals surface area contributed by atoms with Gasteiger partial charge in [0.2, 0.25) is 0 Å². The molecule has 0 unspecified atom stereocenters. The third kappa shape index (κ3) is 3.75. The number of carbonyl (C=O) groups excluding carboxylic acids is 1. The lowest BCUT2D eigenvalue weighted by atomic mass is 9.82. The quantitative estimate of drug-likeness (QED) is 0.774. The summed E-state index contributed by atoms with van der Waals surface area (Å²) in [6.45, 7) is 9.49. The summed E-state index contributed by atoms with van der Waals surface area (Å²) in [5.41, 5.74) is 0.959. The van der Waals surface area contributed by atoms with Crippen LogP contribution in [0.15, 0.2) is 30.3 Å². The van der Waals surface area contributed by atoms with Gasteiger partial charge in [-0.15, -0.1) is 0 Å². The topological polar surface area (TPSA) is 29.5 Å². The molecule has 0 spiro atoms. The van der Waals surface area contributed by atoms with Gasteiger partial charge in [0, 0.05) is 13.1 Å². The molecule has 0 saturated carbocycles. The van der Waals surface area contributed by atoms with Crippen molar-refractivity contribution in [2.45, 2.75) is 45.6 Å². The molecule has 110 valence electrons. The molecule has 1 amide bonds. The number of carbonyl (C=O) groups is 1. The zero-order valence-electron chi connectivity index (χ0n) is 12.9. The maximum atomic E-state index is 12.1. The van der Waals surface area contributed by atoms with Gasteiger partial charge in [0.1, 0.15) is 5.60 Å². The van der Waals surface area contributed by atoms with Gasteiger partial charge in [0.25, 0.3) is 0 Å². The number of hydrogen-bond acceptors (Lipinski definition) is 2. The Hall–Kier alpha value is -1.51. The average Bonchev–Trinajstić information content (AvgIpc) is 2.37. The molecule has 0 aromatic heterocycles. The zero-order valence-corrected chi connectivity index (χ0v) is 12.9. The number of ether oxygens (including phenoxy) is 1. The minimum absolute atomic E-state index is 0.184. The van der Waals surface area contributed by atoms with Crippen molar-refractivity contribution in [1.29, 1.82) is 0 Å². The maximum absolute atomic E-state index is 12.1. The van der Waals surface area contributed by atoms with Gasteiger partial charge in [-0.1, -0.05) is 37.3 Å². The second-order valence-electron chi connectivity index (χ2n) is 6.71. The predicted molar refractivity (Wildman–Crippen MR) is 80.8 cm³/mol. The smallest absolute Gasteiger partial charge is 0.410 e. The normalized spacial score (nSPS) is 23.5. The number of hydrogen-bond donors (Lipinski definition) is 0. The highest BCUT2D eigenvalue weighted by Gasteiger charge is 2.31. The molecule has 1 aromatic carbocycles. The number of rotatable bonds is 1. The minimum Gasteiger partial charge on any atom is -0.444 e. The van der Waals surface area contributed by atoms with Crippen LogP contribution in [0.25, 0.3) is 0 Å². The van der Waals surface area contributed by atoms with Gasteiger partial charge in [0.15, 0.2) is 0 Å². The summed E-state index contributed by atoms with van der Waals surface area (Å²) in [5.74, 6) is 0.994. The molecule has 3 heteroatoms. The summed E-state index contributed by atoms with van der Waals surface area (Å²) in [7, 11) is 0. The van der Waals surface area contributed by atoms with E-state index in [2.05, 4.69) is 31.2 Å². The molecular formula is C17H25NO2. The van der Waals surface area contributed by atoms with Gasteiger partial charge in [-0.05, 0) is 44.6 Å². The average molecular weight is 275 g/mol. The summed E-state index contributed by atoms with van der Waals surface area (Å²) >= 11 is 0. The highest BCUT2D eigenvalue weighted by molar-refractivity contribution is 5.68. The van der Waals surface area contributed by atoms with Crippen molar-refractivity contribution in [3.05, 3.63) is 35.9 Å². The fraction of sp³-hybridized carbons (Fsp3) is 0.588. The van der Waals surface area contributed by atoms with E-state index in [0.717, 1.165) is 19.5 Å². The van der Waals surface area contributed by atoms with Crippen LogP contribution in [0.1, 0.15) is 45.6 Å². The molecule has 0 radical (unpaired) electrons. The van der Waals surface area contributed by atoms with E-state index in [9.17, 15) is 4.79 Å². The van der Waals surface area contributed by atoms with E-state index in [-0.39, 0.29) is 6.09 Å². The standard InChI is InChI=1S/C17H25NO2/c1-13-12-18(16(19)20-17(2,3)4)11-10-15(13)14-8-6-5-7-9-14/h5-9,13,15H,10-12H2,1-4H3/t13-,15-/m1/s1. The van der Waals surface area contributed by atoms with Crippen LogP contribution < -0.4 is 0 Å². The molecule has 1 saturated heterocycles. The van der Waals surface area contributed by atoms with Crippen LogP contribution in [0.4, 0.5) is 4.79 Å². The second-order valence-corrected chi connectivity index (χ2v) is 6.71. The summed E-state index contributed by atoms with van der Waals surface area (Å²) in [6, 6.07) is 10.6. The molecule has 1 aliphatic heterocycles. The second kappa shape index (κ2) is 5.86. The fourth-order valence-electron chi connectivity index (χ4n) is 2.83. The Morgan fingerprint density at radius 2 is 1.90 bits per heavy atom. The van der Waals surface area contributed by atoms with E-state index in [0.29, 0.717) is 11.8 Å². The molecule has 1 aromatic rings. The predicted octanol–water partition coefficient (Wildman–Crippen LogP) is 4.05. The van der Waals surface area contributed by atoms with Crippen LogP contribution >= 0.6 is 0 Å². The Morgan fingerprint density at radius 3 is 2.45 bits per heavy atom. The molecule has 3 nitrogen and oxygen atoms in total. The first-order valence-corrected chi connectivity index (χ1v) is 7.39. The lowest BCUT2D eigenvalue weighted by molar-refractivity contribution is 0.0155. The number of benzene rings is 1. The summed E-state index contributed by atoms with van der Waals surface area (Å²) < 4.78 is 5.45. The SMILES string of the molecule is C[C@@H]1CN(C(=O)OC(C)(C)C)CC[C@H]1c1ccccc1. The first-order valence-electron chi connectivity index (χ1n) is 7.39. The van der Waals surface area contributed by atoms with Crippen LogP contribution in [-0.4, -0.2) is 29.7 Å². The number of amides is 1. The van der Waals surface area contributed by atoms with Crippen molar-refractivity contribution in [3.63, 3.8) is 0 Å². The van der Waals surface area contributed by atoms with Gasteiger partial charge in [0.05, 0.1) is 0 Å². The van der Waals surface area contributed by atoms with E-state index < -0.39 is 5.60 Å². The molecule has 1 aliphatic rings. The van der Waals surface area contributed by atoms with Crippen molar-refractivity contribution >= 4 is 6.09 Å². The fourth-order valence-corrected chi connectivity index (χ4v) is 2.83. The highest BCUT2D eigenvalue weighted by Crippen LogP contribution is 2.33. The van der Waals surface area contributed by atoms with Crippen LogP contribution in [0, 0.1) is 5.92 Å². The molecular weight excluding hydrogens is 250 g/mol. The van der Waals surface area contributed by atoms with Crippen LogP contribution in [-0.2, 0) is 4.74 Å². The Morgan fingerprint density at radius 1 is 1.25 bits per heavy atom. The lowest BCUT2D eigenvalue weighted by Gasteiger charge is -2.37. The molecule has 1 fully saturated rings. The van der Waals surface area contributed by atoms with Gasteiger partial charge >= 0.3 is 6.09 Å². The summed E-state index contributed by atoms with van der Waals surface area (Å²) in [6.07, 6.45) is 0.820. The Kier molecular flexibility index (Phi) is 4.36. The van der Waals surface area contributed by atoms with Crippen molar-refractivity contribution < 1.29 is 9.53 Å². The lowest BCUT2D eigenvalue weighted by Crippen LogP contribution is -2.44. The number of piperidine rings is 1. The van der Waals surface area contributed by atoms with Crippen molar-refractivity contribution in [2.24, 2.45) is 5.92 Å². The Balaban J connectivity index is 1.97. The first kappa shape index (κ1) is 14.9. The van der Waals surface area contributed by atoms with Gasteiger partial charge in [-0.2, -0.15) is 0 Å². The third-order valence-electron chi connectivity index (χ3n) is 3.78. The summed E-state index contributed by atoms with van der Waals surface area (Å²) in [4.78, 5) is 13.9. The van der Waals surface area contributed by atoms with Gasteiger partial charge in [-0.25, -0.2) is 4.79 Å². The molecule has 20 heavy (non-hydrogen) atoms. The monoisotopic (exact) mass is 275 g/mol. The van der Waals surface area contributed by atoms with E-state index in [1.807, 2.05) is 31.7 Å². The maximum Gasteiger partial charge on any atom is 0.410 e. The van der Waals surface area contributed by atoms with E-state index >= 15 is 0 Å². The molecule has 2 rings (SSSR count). The zero-order chi connectivity index (χ0) is 14.8. The van der Waals surface area contributed by atoms with E-state index in [4.69, 9.17) is 4.74 Å². The molecule has 2 atom stereocenters. The summed E-state index contributed by atoms with van der Waals surface area (Å²) in [5, 5.41) is 0. The third-order valence-corrected chi connectivity index (χ3v) is 3.78. The van der Waals surface area contributed by atoms with E-state index in [1.165, 1.54) is 5.56 Å². The van der Waals surface area contributed by atoms with Crippen molar-refractivity contribution in [3.8, 4) is 0 Å². The van der Waals surface area contributed by atoms with E-state index in [1.54, 1.807) is 0 Å². The first-order chi connectivity index (χ1) is 9.37. The van der Waals surface area contributed by atoms with Crippen molar-refractivity contribution in [2.75, 3.05) is 13.1 Å². The molecule has 0 aliphatic carbocycles. The number of likely N-dealkylation sites (tertiary alicyclic amines) is 1. The highest BCUT2D eigenvalue weighted by atomic mass is 16.6. The molecule has 0 bridgehead atoms. The Bertz CT molecular complexity index is 450. The number of nitrogens with zero attached hydrogens (tertiary/aromatic N) is 1. The molecule has 0 N–H and O–H groups in total. The van der Waals surface area contributed by atoms with Crippen molar-refractivity contribution in [1.82, 2.24) is 4.90 Å². The van der Waals surface area contributed by atoms with Gasteiger partial charge in [-0.3, -0.25) is 0 Å². The van der Waals surface area contributed by atoms with Crippen LogP contribution in [0.2, 0.25) is 0 Å². The van der Waals surface area contributed by atoms with Crippen LogP contribution in [0.3, 0.4) is 0 Å². The molecule has 1 heterocycles. The largest absolute Gasteiger partial charge is 0.444 e. The van der Waals surface area contributed by atoms with Crippen LogP contribution in [0.5, 0.6) is 0 Å².